The molecule has 1 aromatic heterocycles. The fourth-order valence-electron chi connectivity index (χ4n) is 9.28. The van der Waals surface area contributed by atoms with Crippen LogP contribution in [-0.2, 0) is 40.4 Å². The molecule has 0 spiro atoms. The van der Waals surface area contributed by atoms with Gasteiger partial charge in [0, 0.05) is 36.3 Å². The maximum absolute atomic E-state index is 14.8. The van der Waals surface area contributed by atoms with Gasteiger partial charge in [-0.2, -0.15) is 0 Å². The summed E-state index contributed by atoms with van der Waals surface area (Å²) in [6.07, 6.45) is 9.59. The van der Waals surface area contributed by atoms with E-state index in [0.29, 0.717) is 48.6 Å². The average Bonchev–Trinajstić information content (AvgIpc) is 4.10. The number of ether oxygens (including phenoxy) is 4. The molecule has 0 unspecified atom stereocenters. The van der Waals surface area contributed by atoms with Gasteiger partial charge in [0.25, 0.3) is 0 Å². The second kappa shape index (κ2) is 16.7. The zero-order chi connectivity index (χ0) is 40.5. The highest BCUT2D eigenvalue weighted by molar-refractivity contribution is 7.90. The normalized spacial score (nSPS) is 29.1. The van der Waals surface area contributed by atoms with Crippen molar-refractivity contribution in [3.63, 3.8) is 0 Å². The number of esters is 1. The minimum Gasteiger partial charge on any atom is -0.496 e. The molecule has 2 saturated carbocycles. The highest BCUT2D eigenvalue weighted by Gasteiger charge is 2.62. The molecule has 5 atom stereocenters. The number of fused-ring (bicyclic) bond motifs is 4. The van der Waals surface area contributed by atoms with Crippen LogP contribution in [0.1, 0.15) is 122 Å². The maximum Gasteiger partial charge on any atom is 0.306 e. The molecule has 4 heterocycles. The number of carbonyl (C=O) groups is 4. The van der Waals surface area contributed by atoms with Crippen molar-refractivity contribution in [3.8, 4) is 17.4 Å². The average molecular weight is 810 g/mol. The summed E-state index contributed by atoms with van der Waals surface area (Å²) in [6, 6.07) is 4.69. The van der Waals surface area contributed by atoms with E-state index in [0.717, 1.165) is 75.2 Å². The van der Waals surface area contributed by atoms with Gasteiger partial charge in [-0.15, -0.1) is 0 Å². The molecule has 14 heteroatoms. The van der Waals surface area contributed by atoms with Crippen LogP contribution in [0.5, 0.6) is 17.4 Å². The second-order valence-electron chi connectivity index (χ2n) is 18.0. The van der Waals surface area contributed by atoms with Gasteiger partial charge in [0.1, 0.15) is 17.6 Å². The van der Waals surface area contributed by atoms with E-state index in [9.17, 15) is 27.6 Å². The number of aromatic nitrogens is 1. The lowest BCUT2D eigenvalue weighted by atomic mass is 9.87. The van der Waals surface area contributed by atoms with Crippen LogP contribution in [0.2, 0.25) is 0 Å². The zero-order valence-electron chi connectivity index (χ0n) is 33.9. The summed E-state index contributed by atoms with van der Waals surface area (Å²) in [5.41, 5.74) is 0.168. The molecule has 0 radical (unpaired) electrons. The third-order valence-corrected chi connectivity index (χ3v) is 14.8. The molecule has 2 aliphatic carbocycles. The maximum atomic E-state index is 14.8. The van der Waals surface area contributed by atoms with Crippen LogP contribution in [-0.4, -0.2) is 86.6 Å². The lowest BCUT2D eigenvalue weighted by Gasteiger charge is -2.29. The number of nitrogens with one attached hydrogen (secondary N) is 1. The fraction of sp³-hybridized carbons (Fsp3) is 0.698. The van der Waals surface area contributed by atoms with Crippen LogP contribution in [0, 0.1) is 22.7 Å². The summed E-state index contributed by atoms with van der Waals surface area (Å²) < 4.78 is 52.2. The van der Waals surface area contributed by atoms with Crippen molar-refractivity contribution in [2.24, 2.45) is 22.7 Å². The Kier molecular flexibility index (Phi) is 12.1. The van der Waals surface area contributed by atoms with E-state index in [-0.39, 0.29) is 55.4 Å². The SMILES string of the molecule is COc1cc2c3cc(c(OC)cc3n1)CCCCC(C)(C)COC(=O)C[C@H]1CCCCCCC[C@@H]3C[C@@]3(C(=O)NS(=O)(=O)C3CC3)CC(=O)[C@@H]3C[C@H](CN3C1=O)O2. The molecular weight excluding hydrogens is 751 g/mol. The standard InChI is InChI=1S/C43H59N3O10S/c1-42(2)17-11-10-12-27-18-32-33(21-36(27)53-3)44-38(54-4)22-37(32)56-30-20-34-35(47)24-43(41(50)45-57(51,52)31-15-16-31)23-29(43)14-9-7-5-6-8-13-28(19-39(48)55-26-42)40(49)46(34)25-30/h18,21-22,28-31,34H,5-17,19-20,23-26H2,1-4H3,(H,45,50)/t28-,29-,30-,34+,43-/m1/s1. The Hall–Kier alpha value is -3.94. The number of benzene rings is 1. The van der Waals surface area contributed by atoms with Crippen molar-refractivity contribution < 1.29 is 46.5 Å². The Morgan fingerprint density at radius 2 is 1.70 bits per heavy atom. The first-order valence-corrected chi connectivity index (χ1v) is 22.5. The van der Waals surface area contributed by atoms with Crippen LogP contribution in [0.4, 0.5) is 0 Å². The van der Waals surface area contributed by atoms with Crippen molar-refractivity contribution in [1.82, 2.24) is 14.6 Å². The number of hydrogen-bond acceptors (Lipinski definition) is 11. The van der Waals surface area contributed by atoms with Crippen LogP contribution in [0.15, 0.2) is 18.2 Å². The summed E-state index contributed by atoms with van der Waals surface area (Å²) in [7, 11) is -0.669. The molecule has 5 aliphatic rings. The topological polar surface area (TPSA) is 167 Å². The molecule has 2 amide bonds. The summed E-state index contributed by atoms with van der Waals surface area (Å²) in [5, 5.41) is 0.170. The molecule has 2 aromatic rings. The van der Waals surface area contributed by atoms with Crippen LogP contribution in [0.25, 0.3) is 10.9 Å². The lowest BCUT2D eigenvalue weighted by molar-refractivity contribution is -0.152. The largest absolute Gasteiger partial charge is 0.496 e. The van der Waals surface area contributed by atoms with Gasteiger partial charge in [-0.3, -0.25) is 23.9 Å². The van der Waals surface area contributed by atoms with E-state index in [2.05, 4.69) is 23.6 Å². The number of ketones is 1. The van der Waals surface area contributed by atoms with Gasteiger partial charge in [0.05, 0.1) is 56.0 Å². The van der Waals surface area contributed by atoms with Crippen molar-refractivity contribution in [2.75, 3.05) is 27.4 Å². The van der Waals surface area contributed by atoms with Crippen molar-refractivity contribution in [2.45, 2.75) is 140 Å². The number of hydrogen-bond donors (Lipinski definition) is 1. The molecule has 1 N–H and O–H groups in total. The number of nitrogens with zero attached hydrogens (tertiary/aromatic N) is 2. The Labute approximate surface area is 336 Å². The van der Waals surface area contributed by atoms with E-state index in [1.165, 1.54) is 7.11 Å². The summed E-state index contributed by atoms with van der Waals surface area (Å²) in [5.74, 6) is -0.964. The Morgan fingerprint density at radius 3 is 2.44 bits per heavy atom. The number of cyclic esters (lactones) is 1. The number of pyridine rings is 1. The minimum atomic E-state index is -3.83. The smallest absolute Gasteiger partial charge is 0.306 e. The zero-order valence-corrected chi connectivity index (χ0v) is 34.8. The van der Waals surface area contributed by atoms with Gasteiger partial charge in [0.2, 0.25) is 27.7 Å². The van der Waals surface area contributed by atoms with Crippen LogP contribution >= 0.6 is 0 Å². The highest BCUT2D eigenvalue weighted by Crippen LogP contribution is 2.59. The molecular formula is C43H59N3O10S. The van der Waals surface area contributed by atoms with E-state index in [1.807, 2.05) is 12.1 Å². The Balaban J connectivity index is 1.26. The molecule has 57 heavy (non-hydrogen) atoms. The number of aryl methyl sites for hydroxylation is 1. The second-order valence-corrected chi connectivity index (χ2v) is 19.9. The molecule has 3 aliphatic heterocycles. The van der Waals surface area contributed by atoms with E-state index in [1.54, 1.807) is 18.1 Å². The highest BCUT2D eigenvalue weighted by atomic mass is 32.2. The predicted molar refractivity (Wildman–Crippen MR) is 212 cm³/mol. The van der Waals surface area contributed by atoms with Gasteiger partial charge in [-0.05, 0) is 74.3 Å². The van der Waals surface area contributed by atoms with Crippen molar-refractivity contribution in [3.05, 3.63) is 23.8 Å². The van der Waals surface area contributed by atoms with Gasteiger partial charge in [-0.25, -0.2) is 13.4 Å². The van der Waals surface area contributed by atoms with E-state index >= 15 is 0 Å². The third kappa shape index (κ3) is 9.36. The van der Waals surface area contributed by atoms with Crippen LogP contribution in [0.3, 0.4) is 0 Å². The van der Waals surface area contributed by atoms with Crippen molar-refractivity contribution >= 4 is 44.5 Å². The summed E-state index contributed by atoms with van der Waals surface area (Å²) in [6.45, 7) is 4.47. The van der Waals surface area contributed by atoms with Crippen molar-refractivity contribution in [1.29, 1.82) is 0 Å². The van der Waals surface area contributed by atoms with Gasteiger partial charge in [0.15, 0.2) is 5.78 Å². The van der Waals surface area contributed by atoms with Gasteiger partial charge >= 0.3 is 5.97 Å². The van der Waals surface area contributed by atoms with Crippen LogP contribution < -0.4 is 18.9 Å². The van der Waals surface area contributed by atoms with Gasteiger partial charge < -0.3 is 23.8 Å². The monoisotopic (exact) mass is 809 g/mol. The minimum absolute atomic E-state index is 0.0850. The predicted octanol–water partition coefficient (Wildman–Crippen LogP) is 6.22. The summed E-state index contributed by atoms with van der Waals surface area (Å²) >= 11 is 0. The number of Topliss-reactive ketones (excluding diaryl/α,β-unsaturated/α-hetero) is 1. The molecule has 312 valence electrons. The third-order valence-electron chi connectivity index (χ3n) is 13.0. The Bertz CT molecular complexity index is 1980. The number of amides is 2. The van der Waals surface area contributed by atoms with Gasteiger partial charge in [-0.1, -0.05) is 52.4 Å². The molecule has 7 rings (SSSR count). The number of rotatable bonds is 5. The molecule has 2 saturated heterocycles. The first-order chi connectivity index (χ1) is 27.2. The molecule has 13 nitrogen and oxygen atoms in total. The van der Waals surface area contributed by atoms with E-state index < -0.39 is 50.6 Å². The molecule has 4 fully saturated rings. The quantitative estimate of drug-likeness (QED) is 0.341. The lowest BCUT2D eigenvalue weighted by Crippen LogP contribution is -2.46. The number of sulfonamides is 1. The fourth-order valence-corrected chi connectivity index (χ4v) is 10.7. The number of methoxy groups -OCH3 is 2. The first kappa shape index (κ1) is 41.2. The van der Waals surface area contributed by atoms with E-state index in [4.69, 9.17) is 18.9 Å². The summed E-state index contributed by atoms with van der Waals surface area (Å²) in [4.78, 5) is 63.1. The first-order valence-electron chi connectivity index (χ1n) is 21.0. The number of carbonyl (C=O) groups excluding carboxylic acids is 4. The molecule has 5 bridgehead atoms. The molecule has 1 aromatic carbocycles. The Morgan fingerprint density at radius 1 is 0.947 bits per heavy atom.